The maximum Gasteiger partial charge on any atom is 0.119 e. The van der Waals surface area contributed by atoms with E-state index in [0.29, 0.717) is 6.61 Å². The Bertz CT molecular complexity index is 372. The van der Waals surface area contributed by atoms with Crippen molar-refractivity contribution in [2.75, 3.05) is 19.7 Å². The first-order valence-electron chi connectivity index (χ1n) is 6.31. The fourth-order valence-corrected chi connectivity index (χ4v) is 2.28. The molecule has 0 amide bonds. The molecule has 0 aromatic heterocycles. The second-order valence-electron chi connectivity index (χ2n) is 4.80. The van der Waals surface area contributed by atoms with E-state index >= 15 is 0 Å². The first kappa shape index (κ1) is 12.4. The molecular formula is C14H21NO2. The van der Waals surface area contributed by atoms with E-state index in [9.17, 15) is 5.11 Å². The molecule has 1 heterocycles. The summed E-state index contributed by atoms with van der Waals surface area (Å²) in [6, 6.07) is 8.18. The summed E-state index contributed by atoms with van der Waals surface area (Å²) in [5.41, 5.74) is 0.798. The van der Waals surface area contributed by atoms with Crippen LogP contribution in [0.3, 0.4) is 0 Å². The van der Waals surface area contributed by atoms with Crippen LogP contribution in [-0.4, -0.2) is 35.3 Å². The van der Waals surface area contributed by atoms with Crippen LogP contribution < -0.4 is 4.74 Å². The third-order valence-electron chi connectivity index (χ3n) is 3.31. The van der Waals surface area contributed by atoms with Crippen LogP contribution in [0, 0.1) is 0 Å². The molecule has 0 bridgehead atoms. The number of β-amino-alcohol motifs (C(OH)–C–C–N with tert-alkyl or cyclic N) is 1. The van der Waals surface area contributed by atoms with Gasteiger partial charge in [-0.25, -0.2) is 0 Å². The molecule has 3 nitrogen and oxygen atoms in total. The largest absolute Gasteiger partial charge is 0.494 e. The van der Waals surface area contributed by atoms with Crippen LogP contribution >= 0.6 is 0 Å². The van der Waals surface area contributed by atoms with Gasteiger partial charge in [-0.2, -0.15) is 0 Å². The highest BCUT2D eigenvalue weighted by Gasteiger charge is 2.38. The van der Waals surface area contributed by atoms with Crippen molar-refractivity contribution in [3.05, 3.63) is 29.8 Å². The van der Waals surface area contributed by atoms with Crippen LogP contribution in [0.4, 0.5) is 0 Å². The minimum Gasteiger partial charge on any atom is -0.494 e. The van der Waals surface area contributed by atoms with Gasteiger partial charge >= 0.3 is 0 Å². The quantitative estimate of drug-likeness (QED) is 0.847. The highest BCUT2D eigenvalue weighted by molar-refractivity contribution is 5.28. The van der Waals surface area contributed by atoms with E-state index in [4.69, 9.17) is 4.74 Å². The summed E-state index contributed by atoms with van der Waals surface area (Å²) in [7, 11) is 0. The Hall–Kier alpha value is -1.06. The molecule has 0 spiro atoms. The highest BCUT2D eigenvalue weighted by atomic mass is 16.5. The SMILES string of the molecule is CCOc1cccc(CN2CC(O)(CC)C2)c1. The van der Waals surface area contributed by atoms with Crippen LogP contribution in [0.25, 0.3) is 0 Å². The van der Waals surface area contributed by atoms with Crippen molar-refractivity contribution in [3.63, 3.8) is 0 Å². The summed E-state index contributed by atoms with van der Waals surface area (Å²) in [6.45, 7) is 7.17. The summed E-state index contributed by atoms with van der Waals surface area (Å²) in [4.78, 5) is 2.26. The number of likely N-dealkylation sites (tertiary alicyclic amines) is 1. The Labute approximate surface area is 103 Å². The van der Waals surface area contributed by atoms with Crippen molar-refractivity contribution in [2.45, 2.75) is 32.4 Å². The van der Waals surface area contributed by atoms with Gasteiger partial charge in [0.25, 0.3) is 0 Å². The number of rotatable bonds is 5. The molecule has 1 saturated heterocycles. The number of nitrogens with zero attached hydrogens (tertiary/aromatic N) is 1. The van der Waals surface area contributed by atoms with Crippen LogP contribution in [0.5, 0.6) is 5.75 Å². The van der Waals surface area contributed by atoms with Gasteiger partial charge in [0.1, 0.15) is 5.75 Å². The average Bonchev–Trinajstić information content (AvgIpc) is 2.28. The molecule has 0 radical (unpaired) electrons. The zero-order valence-electron chi connectivity index (χ0n) is 10.6. The second-order valence-corrected chi connectivity index (χ2v) is 4.80. The van der Waals surface area contributed by atoms with Gasteiger partial charge in [-0.3, -0.25) is 4.90 Å². The summed E-state index contributed by atoms with van der Waals surface area (Å²) in [5.74, 6) is 0.927. The molecule has 1 aromatic carbocycles. The zero-order chi connectivity index (χ0) is 12.3. The van der Waals surface area contributed by atoms with Crippen LogP contribution in [0.15, 0.2) is 24.3 Å². The van der Waals surface area contributed by atoms with E-state index in [2.05, 4.69) is 17.0 Å². The van der Waals surface area contributed by atoms with E-state index in [1.165, 1.54) is 5.56 Å². The fraction of sp³-hybridized carbons (Fsp3) is 0.571. The first-order chi connectivity index (χ1) is 8.15. The van der Waals surface area contributed by atoms with Gasteiger partial charge in [0.15, 0.2) is 0 Å². The molecule has 0 atom stereocenters. The highest BCUT2D eigenvalue weighted by Crippen LogP contribution is 2.26. The second kappa shape index (κ2) is 5.07. The van der Waals surface area contributed by atoms with Gasteiger partial charge in [-0.15, -0.1) is 0 Å². The van der Waals surface area contributed by atoms with Crippen molar-refractivity contribution >= 4 is 0 Å². The van der Waals surface area contributed by atoms with E-state index in [1.54, 1.807) is 0 Å². The lowest BCUT2D eigenvalue weighted by molar-refractivity contribution is -0.103. The molecule has 3 heteroatoms. The molecule has 1 N–H and O–H groups in total. The van der Waals surface area contributed by atoms with Gasteiger partial charge in [-0.1, -0.05) is 19.1 Å². The molecule has 2 rings (SSSR count). The first-order valence-corrected chi connectivity index (χ1v) is 6.31. The Morgan fingerprint density at radius 1 is 1.35 bits per heavy atom. The summed E-state index contributed by atoms with van der Waals surface area (Å²) < 4.78 is 5.47. The van der Waals surface area contributed by atoms with Gasteiger partial charge in [-0.05, 0) is 31.0 Å². The molecule has 0 aliphatic carbocycles. The molecule has 94 valence electrons. The predicted octanol–water partition coefficient (Wildman–Crippen LogP) is 2.04. The van der Waals surface area contributed by atoms with Crippen molar-refractivity contribution in [1.29, 1.82) is 0 Å². The molecule has 1 aromatic rings. The molecule has 1 aliphatic heterocycles. The molecule has 1 aliphatic rings. The number of benzene rings is 1. The number of ether oxygens (including phenoxy) is 1. The lowest BCUT2D eigenvalue weighted by Crippen LogP contribution is -2.60. The minimum absolute atomic E-state index is 0.447. The monoisotopic (exact) mass is 235 g/mol. The Morgan fingerprint density at radius 3 is 2.76 bits per heavy atom. The molecular weight excluding hydrogens is 214 g/mol. The number of hydrogen-bond acceptors (Lipinski definition) is 3. The minimum atomic E-state index is -0.447. The Balaban J connectivity index is 1.90. The summed E-state index contributed by atoms with van der Waals surface area (Å²) >= 11 is 0. The molecule has 17 heavy (non-hydrogen) atoms. The molecule has 1 fully saturated rings. The third-order valence-corrected chi connectivity index (χ3v) is 3.31. The zero-order valence-corrected chi connectivity index (χ0v) is 10.6. The Kier molecular flexibility index (Phi) is 3.69. The van der Waals surface area contributed by atoms with Crippen molar-refractivity contribution in [2.24, 2.45) is 0 Å². The van der Waals surface area contributed by atoms with Crippen LogP contribution in [-0.2, 0) is 6.54 Å². The van der Waals surface area contributed by atoms with E-state index in [1.807, 2.05) is 26.0 Å². The van der Waals surface area contributed by atoms with E-state index in [0.717, 1.165) is 31.8 Å². The Morgan fingerprint density at radius 2 is 2.12 bits per heavy atom. The van der Waals surface area contributed by atoms with Crippen molar-refractivity contribution < 1.29 is 9.84 Å². The standard InChI is InChI=1S/C14H21NO2/c1-3-14(16)10-15(11-14)9-12-6-5-7-13(8-12)17-4-2/h5-8,16H,3-4,9-11H2,1-2H3. The summed E-state index contributed by atoms with van der Waals surface area (Å²) in [6.07, 6.45) is 0.836. The van der Waals surface area contributed by atoms with E-state index < -0.39 is 5.60 Å². The van der Waals surface area contributed by atoms with Crippen molar-refractivity contribution in [3.8, 4) is 5.75 Å². The number of hydrogen-bond donors (Lipinski definition) is 1. The molecule has 0 unspecified atom stereocenters. The van der Waals surface area contributed by atoms with Crippen LogP contribution in [0.1, 0.15) is 25.8 Å². The fourth-order valence-electron chi connectivity index (χ4n) is 2.28. The third kappa shape index (κ3) is 2.99. The lowest BCUT2D eigenvalue weighted by Gasteiger charge is -2.46. The summed E-state index contributed by atoms with van der Waals surface area (Å²) in [5, 5.41) is 9.94. The topological polar surface area (TPSA) is 32.7 Å². The maximum atomic E-state index is 9.94. The van der Waals surface area contributed by atoms with Crippen LogP contribution in [0.2, 0.25) is 0 Å². The van der Waals surface area contributed by atoms with Crippen molar-refractivity contribution in [1.82, 2.24) is 4.90 Å². The normalized spacial score (nSPS) is 18.8. The maximum absolute atomic E-state index is 9.94. The van der Waals surface area contributed by atoms with E-state index in [-0.39, 0.29) is 0 Å². The molecule has 0 saturated carbocycles. The smallest absolute Gasteiger partial charge is 0.119 e. The predicted molar refractivity (Wildman–Crippen MR) is 68.1 cm³/mol. The average molecular weight is 235 g/mol. The lowest BCUT2D eigenvalue weighted by atomic mass is 9.91. The van der Waals surface area contributed by atoms with Gasteiger partial charge in [0, 0.05) is 19.6 Å². The van der Waals surface area contributed by atoms with Gasteiger partial charge in [0.2, 0.25) is 0 Å². The van der Waals surface area contributed by atoms with Gasteiger partial charge in [0.05, 0.1) is 12.2 Å². The van der Waals surface area contributed by atoms with Gasteiger partial charge < -0.3 is 9.84 Å². The number of aliphatic hydroxyl groups is 1.